The van der Waals surface area contributed by atoms with Gasteiger partial charge < -0.3 is 10.1 Å². The molecule has 0 aliphatic heterocycles. The maximum absolute atomic E-state index is 5.78. The zero-order valence-electron chi connectivity index (χ0n) is 10.8. The molecule has 17 heavy (non-hydrogen) atoms. The van der Waals surface area contributed by atoms with Crippen molar-refractivity contribution in [1.29, 1.82) is 0 Å². The SMILES string of the molecule is CCCNCc1ccc(OC2CCC2)nc1C. The molecule has 1 aromatic rings. The molecule has 0 unspecified atom stereocenters. The van der Waals surface area contributed by atoms with Gasteiger partial charge >= 0.3 is 0 Å². The first-order valence-electron chi connectivity index (χ1n) is 6.63. The molecule has 1 aliphatic rings. The molecule has 1 fully saturated rings. The molecule has 3 nitrogen and oxygen atoms in total. The van der Waals surface area contributed by atoms with Crippen LogP contribution in [0, 0.1) is 6.92 Å². The van der Waals surface area contributed by atoms with Crippen LogP contribution in [0.3, 0.4) is 0 Å². The van der Waals surface area contributed by atoms with E-state index in [1.54, 1.807) is 0 Å². The molecule has 3 heteroatoms. The van der Waals surface area contributed by atoms with E-state index in [9.17, 15) is 0 Å². The summed E-state index contributed by atoms with van der Waals surface area (Å²) in [6, 6.07) is 4.12. The number of pyridine rings is 1. The lowest BCUT2D eigenvalue weighted by molar-refractivity contribution is 0.114. The van der Waals surface area contributed by atoms with Crippen molar-refractivity contribution in [2.45, 2.75) is 52.2 Å². The van der Waals surface area contributed by atoms with Gasteiger partial charge in [0.05, 0.1) is 0 Å². The molecule has 0 spiro atoms. The monoisotopic (exact) mass is 234 g/mol. The maximum atomic E-state index is 5.78. The van der Waals surface area contributed by atoms with E-state index in [4.69, 9.17) is 4.74 Å². The summed E-state index contributed by atoms with van der Waals surface area (Å²) >= 11 is 0. The van der Waals surface area contributed by atoms with Crippen LogP contribution >= 0.6 is 0 Å². The lowest BCUT2D eigenvalue weighted by Crippen LogP contribution is -2.25. The van der Waals surface area contributed by atoms with Crippen LogP contribution in [0.1, 0.15) is 43.9 Å². The number of aromatic nitrogens is 1. The summed E-state index contributed by atoms with van der Waals surface area (Å²) < 4.78 is 5.78. The van der Waals surface area contributed by atoms with Gasteiger partial charge in [0.1, 0.15) is 6.10 Å². The highest BCUT2D eigenvalue weighted by atomic mass is 16.5. The molecule has 94 valence electrons. The summed E-state index contributed by atoms with van der Waals surface area (Å²) in [6.07, 6.45) is 5.23. The Labute approximate surface area is 104 Å². The third-order valence-electron chi connectivity index (χ3n) is 3.25. The zero-order valence-corrected chi connectivity index (χ0v) is 10.8. The van der Waals surface area contributed by atoms with Crippen molar-refractivity contribution in [2.75, 3.05) is 6.54 Å². The number of nitrogens with one attached hydrogen (secondary N) is 1. The Bertz CT molecular complexity index is 361. The summed E-state index contributed by atoms with van der Waals surface area (Å²) in [5.74, 6) is 0.784. The summed E-state index contributed by atoms with van der Waals surface area (Å²) in [5.41, 5.74) is 2.34. The first-order valence-corrected chi connectivity index (χ1v) is 6.63. The molecule has 0 bridgehead atoms. The van der Waals surface area contributed by atoms with Gasteiger partial charge in [-0.3, -0.25) is 0 Å². The first-order chi connectivity index (χ1) is 8.29. The Kier molecular flexibility index (Phi) is 4.37. The Morgan fingerprint density at radius 3 is 2.82 bits per heavy atom. The largest absolute Gasteiger partial charge is 0.474 e. The van der Waals surface area contributed by atoms with E-state index >= 15 is 0 Å². The van der Waals surface area contributed by atoms with Gasteiger partial charge in [-0.2, -0.15) is 0 Å². The van der Waals surface area contributed by atoms with Gasteiger partial charge in [0.2, 0.25) is 5.88 Å². The number of hydrogen-bond donors (Lipinski definition) is 1. The summed E-state index contributed by atoms with van der Waals surface area (Å²) in [5, 5.41) is 3.39. The molecule has 2 rings (SSSR count). The van der Waals surface area contributed by atoms with E-state index < -0.39 is 0 Å². The van der Waals surface area contributed by atoms with Crippen LogP contribution in [0.25, 0.3) is 0 Å². The molecule has 0 amide bonds. The molecule has 1 N–H and O–H groups in total. The Hall–Kier alpha value is -1.09. The number of rotatable bonds is 6. The van der Waals surface area contributed by atoms with E-state index in [1.807, 2.05) is 6.07 Å². The van der Waals surface area contributed by atoms with E-state index in [1.165, 1.54) is 24.8 Å². The second-order valence-electron chi connectivity index (χ2n) is 4.74. The van der Waals surface area contributed by atoms with Crippen molar-refractivity contribution in [2.24, 2.45) is 0 Å². The minimum absolute atomic E-state index is 0.408. The standard InChI is InChI=1S/C14H22N2O/c1-3-9-15-10-12-7-8-14(16-11(12)2)17-13-5-4-6-13/h7-8,13,15H,3-6,9-10H2,1-2H3. The number of hydrogen-bond acceptors (Lipinski definition) is 3. The van der Waals surface area contributed by atoms with Crippen LogP contribution in [0.5, 0.6) is 5.88 Å². The summed E-state index contributed by atoms with van der Waals surface area (Å²) in [6.45, 7) is 6.18. The maximum Gasteiger partial charge on any atom is 0.213 e. The number of ether oxygens (including phenoxy) is 1. The van der Waals surface area contributed by atoms with Gasteiger partial charge in [0.25, 0.3) is 0 Å². The molecule has 1 aliphatic carbocycles. The molecule has 0 radical (unpaired) electrons. The second-order valence-corrected chi connectivity index (χ2v) is 4.74. The minimum atomic E-state index is 0.408. The molecular weight excluding hydrogens is 212 g/mol. The highest BCUT2D eigenvalue weighted by Crippen LogP contribution is 2.24. The van der Waals surface area contributed by atoms with Gasteiger partial charge in [0.15, 0.2) is 0 Å². The van der Waals surface area contributed by atoms with E-state index in [-0.39, 0.29) is 0 Å². The van der Waals surface area contributed by atoms with Crippen molar-refractivity contribution in [1.82, 2.24) is 10.3 Å². The molecule has 1 heterocycles. The summed E-state index contributed by atoms with van der Waals surface area (Å²) in [7, 11) is 0. The van der Waals surface area contributed by atoms with Crippen LogP contribution in [-0.2, 0) is 6.54 Å². The predicted molar refractivity (Wildman–Crippen MR) is 69.2 cm³/mol. The van der Waals surface area contributed by atoms with Crippen LogP contribution in [0.4, 0.5) is 0 Å². The van der Waals surface area contributed by atoms with Gasteiger partial charge in [0, 0.05) is 18.3 Å². The van der Waals surface area contributed by atoms with Gasteiger partial charge in [-0.05, 0) is 44.7 Å². The predicted octanol–water partition coefficient (Wildman–Crippen LogP) is 2.82. The fourth-order valence-corrected chi connectivity index (χ4v) is 1.88. The molecule has 0 saturated heterocycles. The quantitative estimate of drug-likeness (QED) is 0.769. The number of aryl methyl sites for hydroxylation is 1. The Morgan fingerprint density at radius 1 is 1.41 bits per heavy atom. The van der Waals surface area contributed by atoms with Crippen molar-refractivity contribution in [3.8, 4) is 5.88 Å². The van der Waals surface area contributed by atoms with Gasteiger partial charge in [-0.25, -0.2) is 4.98 Å². The fourth-order valence-electron chi connectivity index (χ4n) is 1.88. The van der Waals surface area contributed by atoms with E-state index in [0.717, 1.165) is 31.1 Å². The third kappa shape index (κ3) is 3.43. The van der Waals surface area contributed by atoms with Crippen molar-refractivity contribution in [3.63, 3.8) is 0 Å². The van der Waals surface area contributed by atoms with E-state index in [0.29, 0.717) is 6.10 Å². The Balaban J connectivity index is 1.90. The van der Waals surface area contributed by atoms with Crippen LogP contribution in [0.15, 0.2) is 12.1 Å². The average molecular weight is 234 g/mol. The molecule has 0 atom stereocenters. The Morgan fingerprint density at radius 2 is 2.24 bits per heavy atom. The summed E-state index contributed by atoms with van der Waals surface area (Å²) in [4.78, 5) is 4.51. The molecule has 1 saturated carbocycles. The topological polar surface area (TPSA) is 34.1 Å². The van der Waals surface area contributed by atoms with Gasteiger partial charge in [-0.15, -0.1) is 0 Å². The molecular formula is C14H22N2O. The smallest absolute Gasteiger partial charge is 0.213 e. The normalized spacial score (nSPS) is 15.6. The lowest BCUT2D eigenvalue weighted by Gasteiger charge is -2.25. The highest BCUT2D eigenvalue weighted by molar-refractivity contribution is 5.25. The van der Waals surface area contributed by atoms with Crippen LogP contribution in [0.2, 0.25) is 0 Å². The third-order valence-corrected chi connectivity index (χ3v) is 3.25. The number of nitrogens with zero attached hydrogens (tertiary/aromatic N) is 1. The van der Waals surface area contributed by atoms with Crippen molar-refractivity contribution >= 4 is 0 Å². The van der Waals surface area contributed by atoms with E-state index in [2.05, 4.69) is 30.2 Å². The molecule has 1 aromatic heterocycles. The molecule has 0 aromatic carbocycles. The van der Waals surface area contributed by atoms with Crippen molar-refractivity contribution < 1.29 is 4.74 Å². The minimum Gasteiger partial charge on any atom is -0.474 e. The first kappa shape index (κ1) is 12.4. The second kappa shape index (κ2) is 6.01. The zero-order chi connectivity index (χ0) is 12.1. The van der Waals surface area contributed by atoms with Crippen molar-refractivity contribution in [3.05, 3.63) is 23.4 Å². The highest BCUT2D eigenvalue weighted by Gasteiger charge is 2.19. The average Bonchev–Trinajstić information content (AvgIpc) is 2.27. The van der Waals surface area contributed by atoms with Crippen LogP contribution in [-0.4, -0.2) is 17.6 Å². The van der Waals surface area contributed by atoms with Crippen LogP contribution < -0.4 is 10.1 Å². The fraction of sp³-hybridized carbons (Fsp3) is 0.643. The lowest BCUT2D eigenvalue weighted by atomic mass is 9.96. The van der Waals surface area contributed by atoms with Gasteiger partial charge in [-0.1, -0.05) is 13.0 Å².